The van der Waals surface area contributed by atoms with Gasteiger partial charge < -0.3 is 45.1 Å². The van der Waals surface area contributed by atoms with E-state index in [1.165, 1.54) is 238 Å². The molecule has 1 amide bonds. The molecule has 0 aromatic heterocycles. The average molecular weight is 1300 g/mol. The van der Waals surface area contributed by atoms with Crippen LogP contribution in [0.2, 0.25) is 0 Å². The Balaban J connectivity index is 2.50. The lowest BCUT2D eigenvalue weighted by Gasteiger charge is -2.41. The number of amides is 1. The second-order valence-electron chi connectivity index (χ2n) is 27.1. The second kappa shape index (κ2) is 68.1. The van der Waals surface area contributed by atoms with Crippen LogP contribution >= 0.6 is 0 Å². The van der Waals surface area contributed by atoms with Crippen LogP contribution in [0.5, 0.6) is 0 Å². The van der Waals surface area contributed by atoms with Crippen LogP contribution in [-0.4, -0.2) is 99.6 Å². The number of nitrogens with one attached hydrogen (secondary N) is 1. The first-order valence-corrected chi connectivity index (χ1v) is 39.2. The number of unbranched alkanes of at least 4 members (excludes halogenated alkanes) is 44. The summed E-state index contributed by atoms with van der Waals surface area (Å²) in [7, 11) is 0. The maximum atomic E-state index is 13.5. The average Bonchev–Trinajstić information content (AvgIpc) is 0.928. The fraction of sp³-hybridized carbons (Fsp3) is 0.827. The van der Waals surface area contributed by atoms with Gasteiger partial charge in [-0.2, -0.15) is 0 Å². The highest BCUT2D eigenvalue weighted by molar-refractivity contribution is 5.80. The fourth-order valence-electron chi connectivity index (χ4n) is 12.2. The van der Waals surface area contributed by atoms with Gasteiger partial charge in [-0.25, -0.2) is 0 Å². The second-order valence-corrected chi connectivity index (χ2v) is 27.1. The Morgan fingerprint density at radius 1 is 0.424 bits per heavy atom. The molecule has 1 heterocycles. The summed E-state index contributed by atoms with van der Waals surface area (Å²) in [6, 6.07) is -1.03. The van der Waals surface area contributed by atoms with E-state index in [0.29, 0.717) is 12.8 Å². The first-order valence-electron chi connectivity index (χ1n) is 39.2. The quantitative estimate of drug-likeness (QED) is 0.0195. The Labute approximate surface area is 566 Å². The Hall–Kier alpha value is -2.90. The summed E-state index contributed by atoms with van der Waals surface area (Å²) < 4.78 is 17.8. The number of hydrogen-bond acceptors (Lipinski definition) is 10. The van der Waals surface area contributed by atoms with Crippen molar-refractivity contribution in [1.82, 2.24) is 5.32 Å². The maximum Gasteiger partial charge on any atom is 0.306 e. The Morgan fingerprint density at radius 3 is 1.14 bits per heavy atom. The van der Waals surface area contributed by atoms with Crippen LogP contribution in [0.3, 0.4) is 0 Å². The van der Waals surface area contributed by atoms with Gasteiger partial charge >= 0.3 is 5.97 Å². The van der Waals surface area contributed by atoms with E-state index in [0.717, 1.165) is 83.5 Å². The summed E-state index contributed by atoms with van der Waals surface area (Å²) in [5, 5.41) is 57.4. The predicted octanol–water partition coefficient (Wildman–Crippen LogP) is 21.0. The Morgan fingerprint density at radius 2 is 0.750 bits per heavy atom. The standard InChI is InChI=1S/C81H147NO10/c1-4-7-10-13-16-19-22-25-27-29-31-33-35-37-38-39-41-43-45-47-49-51-54-57-60-63-66-69-76(86)92-79-78(88)77(87)75(70-83)91-81(79)90-71-72(73(84)67-64-61-58-55-52-24-21-18-15-12-9-6-3)82-80(89)74(85)68-65-62-59-56-53-50-48-46-44-42-40-36-34-32-30-28-26-23-20-17-14-11-8-5-2/h16-17,19-20,25-28,32,34,64,67,72-75,77-79,81,83-85,87-88H,4-15,18,21-24,29-31,33,35-63,65-66,68-71H2,1-3H3,(H,82,89)/b19-16-,20-17-,27-25-,28-26-,34-32-,67-64+. The van der Waals surface area contributed by atoms with Crippen molar-refractivity contribution in [3.05, 3.63) is 72.9 Å². The first-order chi connectivity index (χ1) is 45.2. The van der Waals surface area contributed by atoms with Gasteiger partial charge in [-0.05, 0) is 96.3 Å². The SMILES string of the molecule is CCCCC/C=C\C/C=C\C/C=C\CCCCCCCCCCCCCC(O)C(=O)NC(COC1OC(CO)C(O)C(O)C1OC(=O)CCCCCCCCCCCCCCCCCCC/C=C\C/C=C\CCCCC)C(O)/C=C/CCCCCCCCCCCC. The molecule has 0 aliphatic carbocycles. The third-order valence-corrected chi connectivity index (χ3v) is 18.3. The lowest BCUT2D eigenvalue weighted by molar-refractivity contribution is -0.305. The first kappa shape index (κ1) is 87.1. The number of allylic oxidation sites excluding steroid dienone is 11. The third-order valence-electron chi connectivity index (χ3n) is 18.3. The molecule has 0 bridgehead atoms. The molecule has 1 saturated heterocycles. The number of rotatable bonds is 68. The van der Waals surface area contributed by atoms with Gasteiger partial charge in [0, 0.05) is 6.42 Å². The molecule has 0 saturated carbocycles. The molecular weight excluding hydrogens is 1150 g/mol. The maximum absolute atomic E-state index is 13.5. The minimum Gasteiger partial charge on any atom is -0.454 e. The molecule has 536 valence electrons. The zero-order valence-electron chi connectivity index (χ0n) is 59.9. The molecule has 0 aromatic rings. The monoisotopic (exact) mass is 1290 g/mol. The molecule has 0 spiro atoms. The summed E-state index contributed by atoms with van der Waals surface area (Å²) in [6.45, 7) is 5.79. The summed E-state index contributed by atoms with van der Waals surface area (Å²) in [5.74, 6) is -1.18. The lowest BCUT2D eigenvalue weighted by atomic mass is 9.99. The van der Waals surface area contributed by atoms with Gasteiger partial charge in [-0.15, -0.1) is 0 Å². The van der Waals surface area contributed by atoms with Crippen LogP contribution in [-0.2, 0) is 23.8 Å². The molecule has 1 rings (SSSR count). The van der Waals surface area contributed by atoms with Crippen molar-refractivity contribution in [3.8, 4) is 0 Å². The van der Waals surface area contributed by atoms with Crippen molar-refractivity contribution in [2.24, 2.45) is 0 Å². The van der Waals surface area contributed by atoms with Gasteiger partial charge in [0.05, 0.1) is 25.4 Å². The number of carbonyl (C=O) groups is 2. The van der Waals surface area contributed by atoms with Crippen LogP contribution in [0.15, 0.2) is 72.9 Å². The zero-order chi connectivity index (χ0) is 66.7. The largest absolute Gasteiger partial charge is 0.454 e. The molecule has 1 aliphatic heterocycles. The smallest absolute Gasteiger partial charge is 0.306 e. The zero-order valence-corrected chi connectivity index (χ0v) is 59.9. The van der Waals surface area contributed by atoms with Crippen molar-refractivity contribution in [2.45, 2.75) is 416 Å². The number of aliphatic hydroxyl groups is 5. The number of carbonyl (C=O) groups excluding carboxylic acids is 2. The summed E-state index contributed by atoms with van der Waals surface area (Å²) in [4.78, 5) is 26.8. The van der Waals surface area contributed by atoms with E-state index >= 15 is 0 Å². The fourth-order valence-corrected chi connectivity index (χ4v) is 12.2. The van der Waals surface area contributed by atoms with E-state index in [1.54, 1.807) is 6.08 Å². The minimum atomic E-state index is -1.62. The molecule has 1 aliphatic rings. The van der Waals surface area contributed by atoms with Crippen LogP contribution < -0.4 is 5.32 Å². The third kappa shape index (κ3) is 54.2. The number of hydrogen-bond donors (Lipinski definition) is 6. The van der Waals surface area contributed by atoms with Gasteiger partial charge in [-0.1, -0.05) is 338 Å². The molecule has 6 N–H and O–H groups in total. The number of ether oxygens (including phenoxy) is 3. The van der Waals surface area contributed by atoms with E-state index in [4.69, 9.17) is 14.2 Å². The van der Waals surface area contributed by atoms with E-state index in [2.05, 4.69) is 86.8 Å². The lowest BCUT2D eigenvalue weighted by Crippen LogP contribution is -2.61. The molecule has 1 fully saturated rings. The number of aliphatic hydroxyl groups excluding tert-OH is 5. The van der Waals surface area contributed by atoms with E-state index < -0.39 is 67.4 Å². The van der Waals surface area contributed by atoms with Crippen LogP contribution in [0.25, 0.3) is 0 Å². The van der Waals surface area contributed by atoms with Gasteiger partial charge in [0.15, 0.2) is 12.4 Å². The Bertz CT molecular complexity index is 1780. The topological polar surface area (TPSA) is 175 Å². The van der Waals surface area contributed by atoms with Crippen LogP contribution in [0, 0.1) is 0 Å². The molecule has 11 nitrogen and oxygen atoms in total. The molecule has 0 radical (unpaired) electrons. The molecule has 92 heavy (non-hydrogen) atoms. The van der Waals surface area contributed by atoms with Gasteiger partial charge in [0.25, 0.3) is 0 Å². The van der Waals surface area contributed by atoms with Crippen molar-refractivity contribution in [2.75, 3.05) is 13.2 Å². The summed E-state index contributed by atoms with van der Waals surface area (Å²) >= 11 is 0. The van der Waals surface area contributed by atoms with Gasteiger partial charge in [-0.3, -0.25) is 9.59 Å². The molecule has 11 heteroatoms. The minimum absolute atomic E-state index is 0.125. The number of esters is 1. The van der Waals surface area contributed by atoms with Crippen molar-refractivity contribution in [1.29, 1.82) is 0 Å². The van der Waals surface area contributed by atoms with E-state index in [9.17, 15) is 35.1 Å². The van der Waals surface area contributed by atoms with Gasteiger partial charge in [0.1, 0.15) is 24.4 Å². The van der Waals surface area contributed by atoms with E-state index in [1.807, 2.05) is 6.08 Å². The van der Waals surface area contributed by atoms with Crippen LogP contribution in [0.4, 0.5) is 0 Å². The predicted molar refractivity (Wildman–Crippen MR) is 389 cm³/mol. The summed E-state index contributed by atoms with van der Waals surface area (Å²) in [5.41, 5.74) is 0. The van der Waals surface area contributed by atoms with Crippen LogP contribution in [0.1, 0.15) is 367 Å². The molecule has 8 atom stereocenters. The molecule has 8 unspecified atom stereocenters. The Kier molecular flexibility index (Phi) is 64.4. The van der Waals surface area contributed by atoms with Gasteiger partial charge in [0.2, 0.25) is 5.91 Å². The molecular formula is C81H147NO10. The van der Waals surface area contributed by atoms with E-state index in [-0.39, 0.29) is 19.4 Å². The highest BCUT2D eigenvalue weighted by Gasteiger charge is 2.47. The molecule has 0 aromatic carbocycles. The highest BCUT2D eigenvalue weighted by Crippen LogP contribution is 2.27. The normalized spacial score (nSPS) is 18.3. The van der Waals surface area contributed by atoms with Crippen molar-refractivity contribution >= 4 is 11.9 Å². The highest BCUT2D eigenvalue weighted by atomic mass is 16.7. The summed E-state index contributed by atoms with van der Waals surface area (Å²) in [6.07, 6.45) is 79.5. The van der Waals surface area contributed by atoms with Crippen molar-refractivity contribution < 1.29 is 49.3 Å². The van der Waals surface area contributed by atoms with Crippen molar-refractivity contribution in [3.63, 3.8) is 0 Å².